The van der Waals surface area contributed by atoms with Crippen molar-refractivity contribution in [2.45, 2.75) is 26.2 Å². The number of benzene rings is 2. The van der Waals surface area contributed by atoms with E-state index in [-0.39, 0.29) is 28.5 Å². The zero-order valence-corrected chi connectivity index (χ0v) is 16.8. The Morgan fingerprint density at radius 3 is 2.20 bits per heavy atom. The number of nitro groups is 1. The van der Waals surface area contributed by atoms with Crippen molar-refractivity contribution in [2.24, 2.45) is 0 Å². The predicted octanol–water partition coefficient (Wildman–Crippen LogP) is 4.69. The van der Waals surface area contributed by atoms with Crippen molar-refractivity contribution in [3.05, 3.63) is 87.7 Å². The second kappa shape index (κ2) is 8.20. The number of nitrogens with one attached hydrogen (secondary N) is 2. The number of aromatic amines is 1. The van der Waals surface area contributed by atoms with Crippen LogP contribution in [0.2, 0.25) is 0 Å². The molecule has 0 unspecified atom stereocenters. The Morgan fingerprint density at radius 1 is 1.03 bits per heavy atom. The van der Waals surface area contributed by atoms with Gasteiger partial charge in [-0.3, -0.25) is 14.9 Å². The number of hydrogen-bond donors (Lipinski definition) is 2. The fourth-order valence-corrected chi connectivity index (χ4v) is 2.70. The van der Waals surface area contributed by atoms with Gasteiger partial charge in [0.1, 0.15) is 11.4 Å². The third-order valence-electron chi connectivity index (χ3n) is 4.43. The molecule has 0 radical (unpaired) electrons. The number of amides is 1. The van der Waals surface area contributed by atoms with E-state index >= 15 is 0 Å². The van der Waals surface area contributed by atoms with Gasteiger partial charge < -0.3 is 15.0 Å². The molecule has 0 aliphatic carbocycles. The summed E-state index contributed by atoms with van der Waals surface area (Å²) in [6.07, 6.45) is 1.11. The average Bonchev–Trinajstić information content (AvgIpc) is 3.20. The van der Waals surface area contributed by atoms with Gasteiger partial charge in [0.15, 0.2) is 0 Å². The molecule has 0 aliphatic rings. The van der Waals surface area contributed by atoms with Crippen molar-refractivity contribution in [1.82, 2.24) is 4.98 Å². The highest BCUT2D eigenvalue weighted by Gasteiger charge is 2.17. The van der Waals surface area contributed by atoms with Crippen molar-refractivity contribution < 1.29 is 19.2 Å². The van der Waals surface area contributed by atoms with Crippen LogP contribution >= 0.6 is 0 Å². The third kappa shape index (κ3) is 4.91. The second-order valence-electron chi connectivity index (χ2n) is 7.72. The van der Waals surface area contributed by atoms with Gasteiger partial charge in [-0.2, -0.15) is 0 Å². The molecule has 3 rings (SSSR count). The molecule has 0 bridgehead atoms. The standard InChI is InChI=1S/C22H21N3O5/c1-22(2,3)15-6-4-14(5-7-15)20(26)24-16-8-10-18(11-9-16)30-21(27)19-12-17(13-23-19)25(28)29/h4-13,23H,1-3H3,(H,24,26). The van der Waals surface area contributed by atoms with Gasteiger partial charge in [0.25, 0.3) is 11.6 Å². The van der Waals surface area contributed by atoms with Crippen LogP contribution in [0.25, 0.3) is 0 Å². The lowest BCUT2D eigenvalue weighted by atomic mass is 9.87. The summed E-state index contributed by atoms with van der Waals surface area (Å²) in [4.78, 5) is 37.0. The SMILES string of the molecule is CC(C)(C)c1ccc(C(=O)Nc2ccc(OC(=O)c3cc([N+](=O)[O-])c[nH]3)cc2)cc1. The summed E-state index contributed by atoms with van der Waals surface area (Å²) in [6, 6.07) is 14.8. The predicted molar refractivity (Wildman–Crippen MR) is 112 cm³/mol. The molecule has 154 valence electrons. The molecule has 1 heterocycles. The maximum absolute atomic E-state index is 12.4. The van der Waals surface area contributed by atoms with E-state index in [9.17, 15) is 19.7 Å². The van der Waals surface area contributed by atoms with E-state index in [1.54, 1.807) is 24.3 Å². The molecular formula is C22H21N3O5. The maximum atomic E-state index is 12.4. The topological polar surface area (TPSA) is 114 Å². The quantitative estimate of drug-likeness (QED) is 0.276. The number of rotatable bonds is 5. The number of esters is 1. The molecule has 8 nitrogen and oxygen atoms in total. The number of ether oxygens (including phenoxy) is 1. The zero-order valence-electron chi connectivity index (χ0n) is 16.8. The molecular weight excluding hydrogens is 386 g/mol. The average molecular weight is 407 g/mol. The number of carbonyl (C=O) groups is 2. The first-order valence-electron chi connectivity index (χ1n) is 9.20. The summed E-state index contributed by atoms with van der Waals surface area (Å²) in [5, 5.41) is 13.5. The summed E-state index contributed by atoms with van der Waals surface area (Å²) in [7, 11) is 0. The normalized spacial score (nSPS) is 11.0. The maximum Gasteiger partial charge on any atom is 0.360 e. The number of anilines is 1. The van der Waals surface area contributed by atoms with Gasteiger partial charge in [0.2, 0.25) is 0 Å². The third-order valence-corrected chi connectivity index (χ3v) is 4.43. The summed E-state index contributed by atoms with van der Waals surface area (Å²) >= 11 is 0. The van der Waals surface area contributed by atoms with Gasteiger partial charge in [-0.05, 0) is 47.4 Å². The first kappa shape index (κ1) is 20.8. The summed E-state index contributed by atoms with van der Waals surface area (Å²) in [6.45, 7) is 6.31. The van der Waals surface area contributed by atoms with Gasteiger partial charge in [-0.1, -0.05) is 32.9 Å². The van der Waals surface area contributed by atoms with Crippen molar-refractivity contribution in [1.29, 1.82) is 0 Å². The van der Waals surface area contributed by atoms with E-state index in [2.05, 4.69) is 31.1 Å². The Balaban J connectivity index is 1.61. The molecule has 2 aromatic carbocycles. The van der Waals surface area contributed by atoms with Crippen LogP contribution in [0.1, 0.15) is 47.2 Å². The molecule has 0 spiro atoms. The van der Waals surface area contributed by atoms with Crippen LogP contribution in [0.5, 0.6) is 5.75 Å². The second-order valence-corrected chi connectivity index (χ2v) is 7.72. The lowest BCUT2D eigenvalue weighted by molar-refractivity contribution is -0.384. The van der Waals surface area contributed by atoms with Crippen LogP contribution in [-0.4, -0.2) is 21.8 Å². The fraction of sp³-hybridized carbons (Fsp3) is 0.182. The molecule has 8 heteroatoms. The van der Waals surface area contributed by atoms with Gasteiger partial charge >= 0.3 is 5.97 Å². The van der Waals surface area contributed by atoms with Crippen molar-refractivity contribution in [3.63, 3.8) is 0 Å². The molecule has 1 amide bonds. The minimum atomic E-state index is -0.751. The number of hydrogen-bond acceptors (Lipinski definition) is 5. The molecule has 0 saturated carbocycles. The Hall–Kier alpha value is -3.94. The first-order chi connectivity index (χ1) is 14.1. The summed E-state index contributed by atoms with van der Waals surface area (Å²) < 4.78 is 5.18. The lowest BCUT2D eigenvalue weighted by Gasteiger charge is -2.19. The zero-order chi connectivity index (χ0) is 21.9. The fourth-order valence-electron chi connectivity index (χ4n) is 2.70. The van der Waals surface area contributed by atoms with Gasteiger partial charge in [0.05, 0.1) is 11.1 Å². The van der Waals surface area contributed by atoms with E-state index in [1.165, 1.54) is 12.1 Å². The molecule has 0 aliphatic heterocycles. The Bertz CT molecular complexity index is 1080. The highest BCUT2D eigenvalue weighted by Crippen LogP contribution is 2.23. The van der Waals surface area contributed by atoms with Crippen LogP contribution in [0.4, 0.5) is 11.4 Å². The largest absolute Gasteiger partial charge is 0.422 e. The number of H-pyrrole nitrogens is 1. The van der Waals surface area contributed by atoms with Crippen LogP contribution in [0.15, 0.2) is 60.8 Å². The minimum absolute atomic E-state index is 0.00726. The van der Waals surface area contributed by atoms with E-state index in [0.717, 1.165) is 17.8 Å². The van der Waals surface area contributed by atoms with Crippen molar-refractivity contribution >= 4 is 23.3 Å². The molecule has 2 N–H and O–H groups in total. The minimum Gasteiger partial charge on any atom is -0.422 e. The van der Waals surface area contributed by atoms with Crippen LogP contribution < -0.4 is 10.1 Å². The molecule has 1 aromatic heterocycles. The van der Waals surface area contributed by atoms with Crippen molar-refractivity contribution in [2.75, 3.05) is 5.32 Å². The molecule has 0 atom stereocenters. The van der Waals surface area contributed by atoms with Crippen LogP contribution in [0.3, 0.4) is 0 Å². The van der Waals surface area contributed by atoms with Gasteiger partial charge in [-0.15, -0.1) is 0 Å². The van der Waals surface area contributed by atoms with E-state index < -0.39 is 10.9 Å². The Morgan fingerprint density at radius 2 is 1.67 bits per heavy atom. The van der Waals surface area contributed by atoms with Crippen LogP contribution in [0, 0.1) is 10.1 Å². The lowest BCUT2D eigenvalue weighted by Crippen LogP contribution is -2.14. The van der Waals surface area contributed by atoms with E-state index in [4.69, 9.17) is 4.74 Å². The Labute approximate surface area is 173 Å². The van der Waals surface area contributed by atoms with E-state index in [1.807, 2.05) is 12.1 Å². The summed E-state index contributed by atoms with van der Waals surface area (Å²) in [5.74, 6) is -0.762. The van der Waals surface area contributed by atoms with Gasteiger partial charge in [0, 0.05) is 17.3 Å². The molecule has 3 aromatic rings. The first-order valence-corrected chi connectivity index (χ1v) is 9.20. The van der Waals surface area contributed by atoms with E-state index in [0.29, 0.717) is 11.3 Å². The molecule has 0 fully saturated rings. The van der Waals surface area contributed by atoms with Crippen molar-refractivity contribution in [3.8, 4) is 5.75 Å². The Kier molecular flexibility index (Phi) is 5.68. The summed E-state index contributed by atoms with van der Waals surface area (Å²) in [5.41, 5.74) is 1.96. The number of carbonyl (C=O) groups excluding carboxylic acids is 2. The molecule has 0 saturated heterocycles. The number of nitrogens with zero attached hydrogens (tertiary/aromatic N) is 1. The molecule has 30 heavy (non-hydrogen) atoms. The number of aromatic nitrogens is 1. The highest BCUT2D eigenvalue weighted by molar-refractivity contribution is 6.04. The van der Waals surface area contributed by atoms with Crippen LogP contribution in [-0.2, 0) is 5.41 Å². The smallest absolute Gasteiger partial charge is 0.360 e. The monoisotopic (exact) mass is 407 g/mol. The van der Waals surface area contributed by atoms with Gasteiger partial charge in [-0.25, -0.2) is 4.79 Å². The highest BCUT2D eigenvalue weighted by atomic mass is 16.6.